The molecule has 1 unspecified atom stereocenters. The third kappa shape index (κ3) is 1.45. The maximum atomic E-state index is 10.5. The van der Waals surface area contributed by atoms with E-state index >= 15 is 0 Å². The fourth-order valence-electron chi connectivity index (χ4n) is 1.56. The topological polar surface area (TPSA) is 49.7 Å². The van der Waals surface area contributed by atoms with Crippen molar-refractivity contribution in [3.8, 4) is 0 Å². The Labute approximate surface area is 75.8 Å². The largest absolute Gasteiger partial charge is 0.481 e. The molecule has 1 heterocycles. The lowest BCUT2D eigenvalue weighted by Crippen LogP contribution is -2.10. The lowest BCUT2D eigenvalue weighted by atomic mass is 9.88. The number of carbonyl (C=O) groups is 1. The van der Waals surface area contributed by atoms with Gasteiger partial charge in [-0.3, -0.25) is 9.79 Å². The van der Waals surface area contributed by atoms with Crippen LogP contribution in [0.15, 0.2) is 40.6 Å². The molecule has 66 valence electrons. The highest BCUT2D eigenvalue weighted by Crippen LogP contribution is 2.29. The Hall–Kier alpha value is -1.64. The number of hydrogen-bond donors (Lipinski definition) is 1. The molecule has 0 amide bonds. The first-order valence-electron chi connectivity index (χ1n) is 4.11. The van der Waals surface area contributed by atoms with Crippen LogP contribution in [0.2, 0.25) is 0 Å². The molecule has 0 aromatic rings. The average molecular weight is 175 g/mol. The second kappa shape index (κ2) is 3.01. The van der Waals surface area contributed by atoms with Gasteiger partial charge in [0, 0.05) is 18.3 Å². The van der Waals surface area contributed by atoms with Crippen LogP contribution in [0.4, 0.5) is 0 Å². The number of carboxylic acid groups (broad SMARTS) is 1. The van der Waals surface area contributed by atoms with E-state index in [-0.39, 0.29) is 12.3 Å². The van der Waals surface area contributed by atoms with Crippen LogP contribution in [0, 0.1) is 5.92 Å². The van der Waals surface area contributed by atoms with Gasteiger partial charge in [-0.25, -0.2) is 0 Å². The van der Waals surface area contributed by atoms with Crippen molar-refractivity contribution in [2.75, 3.05) is 0 Å². The van der Waals surface area contributed by atoms with Crippen LogP contribution in [0.5, 0.6) is 0 Å². The number of aliphatic carboxylic acids is 1. The monoisotopic (exact) mass is 175 g/mol. The first kappa shape index (κ1) is 7.98. The third-order valence-electron chi connectivity index (χ3n) is 2.17. The number of rotatable bonds is 2. The molecule has 2 rings (SSSR count). The van der Waals surface area contributed by atoms with E-state index in [1.807, 2.05) is 18.2 Å². The van der Waals surface area contributed by atoms with Crippen molar-refractivity contribution < 1.29 is 9.90 Å². The molecule has 1 aliphatic heterocycles. The highest BCUT2D eigenvalue weighted by atomic mass is 16.4. The van der Waals surface area contributed by atoms with Crippen molar-refractivity contribution in [2.45, 2.75) is 6.42 Å². The van der Waals surface area contributed by atoms with Gasteiger partial charge < -0.3 is 5.11 Å². The molecule has 0 aromatic heterocycles. The van der Waals surface area contributed by atoms with Gasteiger partial charge in [0.05, 0.1) is 6.42 Å². The van der Waals surface area contributed by atoms with Crippen molar-refractivity contribution in [3.05, 3.63) is 35.6 Å². The average Bonchev–Trinajstić information content (AvgIpc) is 2.51. The van der Waals surface area contributed by atoms with Crippen LogP contribution in [-0.4, -0.2) is 17.3 Å². The van der Waals surface area contributed by atoms with E-state index in [4.69, 9.17) is 5.11 Å². The summed E-state index contributed by atoms with van der Waals surface area (Å²) in [5, 5.41) is 8.66. The van der Waals surface area contributed by atoms with Gasteiger partial charge in [0.15, 0.2) is 0 Å². The second-order valence-electron chi connectivity index (χ2n) is 3.07. The summed E-state index contributed by atoms with van der Waals surface area (Å²) >= 11 is 0. The summed E-state index contributed by atoms with van der Waals surface area (Å²) in [4.78, 5) is 14.5. The van der Waals surface area contributed by atoms with Gasteiger partial charge in [-0.05, 0) is 11.1 Å². The van der Waals surface area contributed by atoms with Gasteiger partial charge in [-0.15, -0.1) is 0 Å². The Bertz CT molecular complexity index is 361. The van der Waals surface area contributed by atoms with Crippen molar-refractivity contribution in [2.24, 2.45) is 10.9 Å². The smallest absolute Gasteiger partial charge is 0.304 e. The van der Waals surface area contributed by atoms with Crippen LogP contribution in [0.25, 0.3) is 0 Å². The van der Waals surface area contributed by atoms with Crippen molar-refractivity contribution >= 4 is 12.2 Å². The minimum atomic E-state index is -0.774. The molecule has 0 bridgehead atoms. The second-order valence-corrected chi connectivity index (χ2v) is 3.07. The summed E-state index contributed by atoms with van der Waals surface area (Å²) < 4.78 is 0. The SMILES string of the molecule is O=C(O)CC1C=CC=C2C=NC=C21. The van der Waals surface area contributed by atoms with Crippen molar-refractivity contribution in [3.63, 3.8) is 0 Å². The number of carboxylic acids is 1. The molecule has 1 atom stereocenters. The Kier molecular flexibility index (Phi) is 1.85. The van der Waals surface area contributed by atoms with Crippen LogP contribution in [-0.2, 0) is 4.79 Å². The number of fused-ring (bicyclic) bond motifs is 1. The zero-order valence-electron chi connectivity index (χ0n) is 6.97. The standard InChI is InChI=1S/C10H9NO2/c12-10(13)4-7-2-1-3-8-5-11-6-9(7)8/h1-3,5-7H,4H2,(H,12,13). The minimum Gasteiger partial charge on any atom is -0.481 e. The molecule has 13 heavy (non-hydrogen) atoms. The fourth-order valence-corrected chi connectivity index (χ4v) is 1.56. The van der Waals surface area contributed by atoms with Crippen LogP contribution in [0.3, 0.4) is 0 Å². The number of nitrogens with zero attached hydrogens (tertiary/aromatic N) is 1. The Morgan fingerprint density at radius 3 is 3.23 bits per heavy atom. The number of allylic oxidation sites excluding steroid dienone is 5. The molecule has 3 heteroatoms. The first-order valence-corrected chi connectivity index (χ1v) is 4.11. The first-order chi connectivity index (χ1) is 6.27. The van der Waals surface area contributed by atoms with Gasteiger partial charge in [-0.2, -0.15) is 0 Å². The molecule has 1 N–H and O–H groups in total. The zero-order valence-corrected chi connectivity index (χ0v) is 6.97. The Morgan fingerprint density at radius 2 is 2.46 bits per heavy atom. The molecular formula is C10H9NO2. The number of hydrogen-bond acceptors (Lipinski definition) is 2. The molecule has 2 aliphatic rings. The van der Waals surface area contributed by atoms with Crippen LogP contribution in [0.1, 0.15) is 6.42 Å². The maximum Gasteiger partial charge on any atom is 0.304 e. The van der Waals surface area contributed by atoms with Crippen molar-refractivity contribution in [1.82, 2.24) is 0 Å². The normalized spacial score (nSPS) is 23.8. The minimum absolute atomic E-state index is 0.0139. The van der Waals surface area contributed by atoms with Gasteiger partial charge in [0.25, 0.3) is 0 Å². The van der Waals surface area contributed by atoms with E-state index in [2.05, 4.69) is 4.99 Å². The van der Waals surface area contributed by atoms with Crippen LogP contribution < -0.4 is 0 Å². The molecule has 0 fully saturated rings. The quantitative estimate of drug-likeness (QED) is 0.692. The molecule has 0 radical (unpaired) electrons. The molecule has 0 spiro atoms. The number of aliphatic imine (C=N–C) groups is 1. The van der Waals surface area contributed by atoms with E-state index in [0.717, 1.165) is 11.1 Å². The zero-order chi connectivity index (χ0) is 9.26. The van der Waals surface area contributed by atoms with E-state index in [9.17, 15) is 4.79 Å². The lowest BCUT2D eigenvalue weighted by Gasteiger charge is -2.15. The summed E-state index contributed by atoms with van der Waals surface area (Å²) in [5.41, 5.74) is 2.05. The van der Waals surface area contributed by atoms with E-state index in [1.165, 1.54) is 0 Å². The van der Waals surface area contributed by atoms with Gasteiger partial charge in [0.1, 0.15) is 0 Å². The highest BCUT2D eigenvalue weighted by molar-refractivity contribution is 5.90. The van der Waals surface area contributed by atoms with E-state index in [0.29, 0.717) is 0 Å². The Balaban J connectivity index is 2.20. The van der Waals surface area contributed by atoms with E-state index < -0.39 is 5.97 Å². The van der Waals surface area contributed by atoms with Crippen molar-refractivity contribution in [1.29, 1.82) is 0 Å². The van der Waals surface area contributed by atoms with Gasteiger partial charge in [-0.1, -0.05) is 18.2 Å². The molecule has 0 aromatic carbocycles. The summed E-state index contributed by atoms with van der Waals surface area (Å²) in [6.45, 7) is 0. The Morgan fingerprint density at radius 1 is 1.62 bits per heavy atom. The lowest BCUT2D eigenvalue weighted by molar-refractivity contribution is -0.137. The summed E-state index contributed by atoms with van der Waals surface area (Å²) in [6.07, 6.45) is 9.37. The molecule has 0 saturated carbocycles. The molecular weight excluding hydrogens is 166 g/mol. The van der Waals surface area contributed by atoms with Crippen LogP contribution >= 0.6 is 0 Å². The maximum absolute atomic E-state index is 10.5. The fraction of sp³-hybridized carbons (Fsp3) is 0.200. The van der Waals surface area contributed by atoms with Gasteiger partial charge in [0.2, 0.25) is 0 Å². The third-order valence-corrected chi connectivity index (χ3v) is 2.17. The van der Waals surface area contributed by atoms with E-state index in [1.54, 1.807) is 12.4 Å². The summed E-state index contributed by atoms with van der Waals surface area (Å²) in [7, 11) is 0. The predicted octanol–water partition coefficient (Wildman–Crippen LogP) is 1.54. The predicted molar refractivity (Wildman–Crippen MR) is 49.5 cm³/mol. The summed E-state index contributed by atoms with van der Waals surface area (Å²) in [6, 6.07) is 0. The highest BCUT2D eigenvalue weighted by Gasteiger charge is 2.21. The molecule has 0 saturated heterocycles. The van der Waals surface area contributed by atoms with Gasteiger partial charge >= 0.3 is 5.97 Å². The summed E-state index contributed by atoms with van der Waals surface area (Å²) in [5.74, 6) is -0.788. The molecule has 1 aliphatic carbocycles. The molecule has 3 nitrogen and oxygen atoms in total.